The van der Waals surface area contributed by atoms with Gasteiger partial charge in [0.15, 0.2) is 0 Å². The fraction of sp³-hybridized carbons (Fsp3) is 0.105. The smallest absolute Gasteiger partial charge is 0.280 e. The van der Waals surface area contributed by atoms with E-state index >= 15 is 0 Å². The normalized spacial score (nSPS) is 10.8. The summed E-state index contributed by atoms with van der Waals surface area (Å²) in [5, 5.41) is 3.28. The molecule has 3 aromatic rings. The lowest BCUT2D eigenvalue weighted by Crippen LogP contribution is -2.13. The molecule has 0 bridgehead atoms. The predicted octanol–water partition coefficient (Wildman–Crippen LogP) is 4.91. The Balaban J connectivity index is 1.64. The largest absolute Gasteiger partial charge is 0.307 e. The van der Waals surface area contributed by atoms with Crippen molar-refractivity contribution in [1.29, 1.82) is 0 Å². The average molecular weight is 374 g/mol. The fourth-order valence-corrected chi connectivity index (χ4v) is 2.56. The number of hydrogen-bond acceptors (Lipinski definition) is 3. The number of rotatable bonds is 5. The predicted molar refractivity (Wildman–Crippen MR) is 95.6 cm³/mol. The summed E-state index contributed by atoms with van der Waals surface area (Å²) >= 11 is 5.97. The van der Waals surface area contributed by atoms with Gasteiger partial charge in [0.2, 0.25) is 0 Å². The number of nitrogens with zero attached hydrogens (tertiary/aromatic N) is 2. The Morgan fingerprint density at radius 1 is 1.04 bits per heavy atom. The number of alkyl halides is 2. The number of anilines is 1. The monoisotopic (exact) mass is 373 g/mol. The zero-order chi connectivity index (χ0) is 18.5. The van der Waals surface area contributed by atoms with E-state index in [1.54, 1.807) is 12.3 Å². The molecular formula is C19H14ClF2N3O. The molecule has 0 radical (unpaired) electrons. The van der Waals surface area contributed by atoms with Crippen LogP contribution < -0.4 is 5.32 Å². The maximum atomic E-state index is 12.5. The topological polar surface area (TPSA) is 54.9 Å². The van der Waals surface area contributed by atoms with E-state index in [4.69, 9.17) is 11.6 Å². The minimum absolute atomic E-state index is 0.180. The van der Waals surface area contributed by atoms with Crippen LogP contribution in [-0.4, -0.2) is 15.9 Å². The van der Waals surface area contributed by atoms with E-state index in [1.807, 2.05) is 30.3 Å². The summed E-state index contributed by atoms with van der Waals surface area (Å²) in [6.07, 6.45) is 0.778. The quantitative estimate of drug-likeness (QED) is 0.691. The lowest BCUT2D eigenvalue weighted by atomic mass is 10.1. The minimum Gasteiger partial charge on any atom is -0.307 e. The minimum atomic E-state index is -2.67. The maximum Gasteiger partial charge on any atom is 0.280 e. The van der Waals surface area contributed by atoms with Gasteiger partial charge >= 0.3 is 0 Å². The van der Waals surface area contributed by atoms with Gasteiger partial charge in [-0.3, -0.25) is 9.78 Å². The standard InChI is InChI=1S/C19H14ClF2N3O/c20-15-3-1-2-12(9-15)8-13-4-7-17(24-10-13)25-19(26)14-5-6-16(18(21)22)23-11-14/h1-7,9-11,18H,8H2,(H,24,25,26). The number of aromatic nitrogens is 2. The Labute approximate surface area is 153 Å². The Morgan fingerprint density at radius 2 is 1.88 bits per heavy atom. The van der Waals surface area contributed by atoms with Gasteiger partial charge in [0.05, 0.1) is 5.56 Å². The van der Waals surface area contributed by atoms with Gasteiger partial charge < -0.3 is 5.32 Å². The van der Waals surface area contributed by atoms with E-state index < -0.39 is 12.3 Å². The highest BCUT2D eigenvalue weighted by molar-refractivity contribution is 6.30. The third-order valence-electron chi connectivity index (χ3n) is 3.64. The molecular weight excluding hydrogens is 360 g/mol. The zero-order valence-electron chi connectivity index (χ0n) is 13.5. The van der Waals surface area contributed by atoms with E-state index in [1.165, 1.54) is 6.07 Å². The van der Waals surface area contributed by atoms with Crippen LogP contribution in [0.5, 0.6) is 0 Å². The SMILES string of the molecule is O=C(Nc1ccc(Cc2cccc(Cl)c2)cn1)c1ccc(C(F)F)nc1. The first-order valence-corrected chi connectivity index (χ1v) is 8.14. The highest BCUT2D eigenvalue weighted by Crippen LogP contribution is 2.17. The van der Waals surface area contributed by atoms with E-state index in [2.05, 4.69) is 15.3 Å². The number of halogens is 3. The second kappa shape index (κ2) is 8.01. The van der Waals surface area contributed by atoms with Crippen molar-refractivity contribution in [3.63, 3.8) is 0 Å². The van der Waals surface area contributed by atoms with Crippen molar-refractivity contribution < 1.29 is 13.6 Å². The molecule has 0 saturated heterocycles. The van der Waals surface area contributed by atoms with Crippen LogP contribution in [0.2, 0.25) is 5.02 Å². The van der Waals surface area contributed by atoms with E-state index in [9.17, 15) is 13.6 Å². The molecule has 0 fully saturated rings. The molecule has 0 spiro atoms. The van der Waals surface area contributed by atoms with Crippen molar-refractivity contribution in [3.05, 3.63) is 88.3 Å². The molecule has 7 heteroatoms. The third-order valence-corrected chi connectivity index (χ3v) is 3.87. The van der Waals surface area contributed by atoms with Gasteiger partial charge in [0.1, 0.15) is 11.5 Å². The molecule has 132 valence electrons. The van der Waals surface area contributed by atoms with Crippen LogP contribution in [0, 0.1) is 0 Å². The molecule has 3 rings (SSSR count). The van der Waals surface area contributed by atoms with Crippen LogP contribution in [0.3, 0.4) is 0 Å². The summed E-state index contributed by atoms with van der Waals surface area (Å²) in [4.78, 5) is 19.9. The molecule has 0 aliphatic carbocycles. The molecule has 0 saturated carbocycles. The molecule has 0 atom stereocenters. The van der Waals surface area contributed by atoms with E-state index in [-0.39, 0.29) is 11.3 Å². The van der Waals surface area contributed by atoms with Crippen molar-refractivity contribution in [3.8, 4) is 0 Å². The van der Waals surface area contributed by atoms with Gasteiger partial charge in [0, 0.05) is 17.4 Å². The van der Waals surface area contributed by atoms with Crippen molar-refractivity contribution >= 4 is 23.3 Å². The molecule has 4 nitrogen and oxygen atoms in total. The van der Waals surface area contributed by atoms with Gasteiger partial charge in [0.25, 0.3) is 12.3 Å². The Bertz CT molecular complexity index is 899. The number of carbonyl (C=O) groups excluding carboxylic acids is 1. The summed E-state index contributed by atoms with van der Waals surface area (Å²) in [5.41, 5.74) is 1.83. The van der Waals surface area contributed by atoms with Crippen molar-refractivity contribution in [1.82, 2.24) is 9.97 Å². The van der Waals surface area contributed by atoms with Crippen LogP contribution in [0.15, 0.2) is 60.9 Å². The summed E-state index contributed by atoms with van der Waals surface area (Å²) in [6.45, 7) is 0. The van der Waals surface area contributed by atoms with Crippen LogP contribution in [0.1, 0.15) is 33.6 Å². The molecule has 1 amide bonds. The Morgan fingerprint density at radius 3 is 2.50 bits per heavy atom. The highest BCUT2D eigenvalue weighted by Gasteiger charge is 2.11. The third kappa shape index (κ3) is 4.61. The average Bonchev–Trinajstić information content (AvgIpc) is 2.63. The number of hydrogen-bond donors (Lipinski definition) is 1. The second-order valence-electron chi connectivity index (χ2n) is 5.58. The molecule has 0 aliphatic heterocycles. The molecule has 26 heavy (non-hydrogen) atoms. The maximum absolute atomic E-state index is 12.5. The molecule has 0 aliphatic rings. The van der Waals surface area contributed by atoms with Gasteiger partial charge in [-0.2, -0.15) is 0 Å². The van der Waals surface area contributed by atoms with E-state index in [0.717, 1.165) is 23.4 Å². The van der Waals surface area contributed by atoms with Crippen molar-refractivity contribution in [2.24, 2.45) is 0 Å². The lowest BCUT2D eigenvalue weighted by Gasteiger charge is -2.07. The van der Waals surface area contributed by atoms with Gasteiger partial charge in [-0.1, -0.05) is 29.8 Å². The molecule has 1 N–H and O–H groups in total. The van der Waals surface area contributed by atoms with Crippen molar-refractivity contribution in [2.75, 3.05) is 5.32 Å². The lowest BCUT2D eigenvalue weighted by molar-refractivity contribution is 0.102. The fourth-order valence-electron chi connectivity index (χ4n) is 2.34. The van der Waals surface area contributed by atoms with Crippen LogP contribution in [-0.2, 0) is 6.42 Å². The first kappa shape index (κ1) is 17.9. The molecule has 2 heterocycles. The van der Waals surface area contributed by atoms with Gasteiger partial charge in [-0.15, -0.1) is 0 Å². The Kier molecular flexibility index (Phi) is 5.53. The van der Waals surface area contributed by atoms with Gasteiger partial charge in [-0.25, -0.2) is 13.8 Å². The van der Waals surface area contributed by atoms with Crippen LogP contribution in [0.25, 0.3) is 0 Å². The summed E-state index contributed by atoms with van der Waals surface area (Å²) in [5.74, 6) is -0.101. The molecule has 0 unspecified atom stereocenters. The summed E-state index contributed by atoms with van der Waals surface area (Å²) < 4.78 is 25.0. The second-order valence-corrected chi connectivity index (χ2v) is 6.02. The Hall–Kier alpha value is -2.86. The van der Waals surface area contributed by atoms with Crippen LogP contribution >= 0.6 is 11.6 Å². The zero-order valence-corrected chi connectivity index (χ0v) is 14.3. The number of pyridine rings is 2. The molecule has 2 aromatic heterocycles. The number of carbonyl (C=O) groups is 1. The number of nitrogens with one attached hydrogen (secondary N) is 1. The van der Waals surface area contributed by atoms with Crippen LogP contribution in [0.4, 0.5) is 14.6 Å². The summed E-state index contributed by atoms with van der Waals surface area (Å²) in [7, 11) is 0. The highest BCUT2D eigenvalue weighted by atomic mass is 35.5. The van der Waals surface area contributed by atoms with Gasteiger partial charge in [-0.05, 0) is 47.9 Å². The molecule has 1 aromatic carbocycles. The number of amides is 1. The first-order valence-electron chi connectivity index (χ1n) is 7.76. The van der Waals surface area contributed by atoms with E-state index in [0.29, 0.717) is 17.3 Å². The summed E-state index contributed by atoms with van der Waals surface area (Å²) in [6, 6.07) is 13.5. The first-order chi connectivity index (χ1) is 12.5. The van der Waals surface area contributed by atoms with Crippen molar-refractivity contribution in [2.45, 2.75) is 12.8 Å². The number of benzene rings is 1.